The minimum Gasteiger partial charge on any atom is -0.334 e. The molecule has 1 aliphatic rings. The van der Waals surface area contributed by atoms with Crippen molar-refractivity contribution < 1.29 is 13.7 Å². The van der Waals surface area contributed by atoms with E-state index in [-0.39, 0.29) is 35.5 Å². The number of anilines is 1. The Bertz CT molecular complexity index is 1060. The molecule has 0 saturated carbocycles. The minimum atomic E-state index is -0.625. The molecule has 0 aliphatic carbocycles. The summed E-state index contributed by atoms with van der Waals surface area (Å²) in [7, 11) is 0. The summed E-state index contributed by atoms with van der Waals surface area (Å²) in [5.41, 5.74) is 1.35. The molecule has 0 spiro atoms. The van der Waals surface area contributed by atoms with E-state index in [9.17, 15) is 9.18 Å². The zero-order chi connectivity index (χ0) is 19.0. The fraction of sp³-hybridized carbons (Fsp3) is 0.158. The van der Waals surface area contributed by atoms with Gasteiger partial charge in [-0.1, -0.05) is 22.8 Å². The zero-order valence-electron chi connectivity index (χ0n) is 13.9. The lowest BCUT2D eigenvalue weighted by atomic mass is 10.1. The topological polar surface area (TPSA) is 83.0 Å². The van der Waals surface area contributed by atoms with Crippen LogP contribution in [0.25, 0.3) is 11.5 Å². The van der Waals surface area contributed by atoms with E-state index in [1.165, 1.54) is 17.0 Å². The van der Waals surface area contributed by atoms with E-state index in [1.54, 1.807) is 30.3 Å². The Balaban J connectivity index is 1.57. The summed E-state index contributed by atoms with van der Waals surface area (Å²) in [6.45, 7) is 0.239. The molecule has 2 aromatic carbocycles. The van der Waals surface area contributed by atoms with Crippen LogP contribution in [0.3, 0.4) is 0 Å². The summed E-state index contributed by atoms with van der Waals surface area (Å²) in [6.07, 6.45) is 0.151. The average molecular weight is 383 g/mol. The molecule has 4 rings (SSSR count). The Labute approximate surface area is 158 Å². The summed E-state index contributed by atoms with van der Waals surface area (Å²) in [4.78, 5) is 18.1. The highest BCUT2D eigenvalue weighted by Gasteiger charge is 2.36. The molecule has 1 unspecified atom stereocenters. The molecular formula is C19H12ClFN4O2. The molecule has 1 atom stereocenters. The number of halogens is 2. The molecule has 3 aromatic rings. The fourth-order valence-corrected chi connectivity index (χ4v) is 3.19. The predicted molar refractivity (Wildman–Crippen MR) is 95.6 cm³/mol. The molecule has 0 radical (unpaired) electrons. The first-order chi connectivity index (χ1) is 13.1. The van der Waals surface area contributed by atoms with Crippen LogP contribution in [0, 0.1) is 17.1 Å². The molecule has 1 saturated heterocycles. The summed E-state index contributed by atoms with van der Waals surface area (Å²) < 4.78 is 19.5. The minimum absolute atomic E-state index is 0.0357. The van der Waals surface area contributed by atoms with Crippen molar-refractivity contribution in [1.29, 1.82) is 5.26 Å². The van der Waals surface area contributed by atoms with Crippen LogP contribution >= 0.6 is 11.6 Å². The standard InChI is InChI=1S/C19H12ClFN4O2/c20-14-2-1-3-15(17(14)21)25-10-13(8-16(25)26)18-23-19(27-24-18)12-6-4-11(9-22)5-7-12/h1-7,13H,8,10H2. The first-order valence-electron chi connectivity index (χ1n) is 8.15. The number of nitriles is 1. The number of hydrogen-bond donors (Lipinski definition) is 0. The number of aromatic nitrogens is 2. The van der Waals surface area contributed by atoms with Gasteiger partial charge in [0.1, 0.15) is 0 Å². The summed E-state index contributed by atoms with van der Waals surface area (Å²) in [6, 6.07) is 13.3. The number of carbonyl (C=O) groups excluding carboxylic acids is 1. The Kier molecular flexibility index (Phi) is 4.34. The van der Waals surface area contributed by atoms with Crippen LogP contribution < -0.4 is 4.90 Å². The van der Waals surface area contributed by atoms with Crippen LogP contribution in [0.1, 0.15) is 23.7 Å². The van der Waals surface area contributed by atoms with Gasteiger partial charge in [-0.05, 0) is 36.4 Å². The third-order valence-electron chi connectivity index (χ3n) is 4.41. The number of hydrogen-bond acceptors (Lipinski definition) is 5. The van der Waals surface area contributed by atoms with Gasteiger partial charge in [0, 0.05) is 24.4 Å². The van der Waals surface area contributed by atoms with E-state index in [4.69, 9.17) is 21.4 Å². The number of rotatable bonds is 3. The van der Waals surface area contributed by atoms with Crippen molar-refractivity contribution in [2.45, 2.75) is 12.3 Å². The van der Waals surface area contributed by atoms with Crippen molar-refractivity contribution in [3.63, 3.8) is 0 Å². The Morgan fingerprint density at radius 1 is 1.26 bits per heavy atom. The van der Waals surface area contributed by atoms with Crippen molar-refractivity contribution >= 4 is 23.2 Å². The second kappa shape index (κ2) is 6.82. The second-order valence-corrected chi connectivity index (χ2v) is 6.53. The molecule has 1 amide bonds. The molecule has 2 heterocycles. The molecule has 1 fully saturated rings. The largest absolute Gasteiger partial charge is 0.334 e. The Morgan fingerprint density at radius 2 is 2.04 bits per heavy atom. The fourth-order valence-electron chi connectivity index (χ4n) is 3.02. The predicted octanol–water partition coefficient (Wildman–Crippen LogP) is 3.92. The molecular weight excluding hydrogens is 371 g/mol. The quantitative estimate of drug-likeness (QED) is 0.685. The maximum Gasteiger partial charge on any atom is 0.257 e. The van der Waals surface area contributed by atoms with Crippen molar-refractivity contribution in [1.82, 2.24) is 10.1 Å². The zero-order valence-corrected chi connectivity index (χ0v) is 14.7. The third-order valence-corrected chi connectivity index (χ3v) is 4.71. The van der Waals surface area contributed by atoms with Gasteiger partial charge in [-0.15, -0.1) is 0 Å². The van der Waals surface area contributed by atoms with Crippen LogP contribution in [-0.4, -0.2) is 22.6 Å². The first kappa shape index (κ1) is 17.2. The number of nitrogens with zero attached hydrogens (tertiary/aromatic N) is 4. The number of amides is 1. The highest BCUT2D eigenvalue weighted by Crippen LogP contribution is 2.34. The highest BCUT2D eigenvalue weighted by atomic mass is 35.5. The van der Waals surface area contributed by atoms with Crippen molar-refractivity contribution in [3.05, 3.63) is 64.7 Å². The molecule has 6 nitrogen and oxygen atoms in total. The van der Waals surface area contributed by atoms with E-state index in [1.807, 2.05) is 6.07 Å². The molecule has 134 valence electrons. The van der Waals surface area contributed by atoms with E-state index < -0.39 is 5.82 Å². The summed E-state index contributed by atoms with van der Waals surface area (Å²) in [5.74, 6) is -0.487. The van der Waals surface area contributed by atoms with Gasteiger partial charge in [-0.2, -0.15) is 10.2 Å². The van der Waals surface area contributed by atoms with Crippen LogP contribution in [0.5, 0.6) is 0 Å². The smallest absolute Gasteiger partial charge is 0.257 e. The summed E-state index contributed by atoms with van der Waals surface area (Å²) >= 11 is 5.81. The van der Waals surface area contributed by atoms with Crippen molar-refractivity contribution in [3.8, 4) is 17.5 Å². The number of benzene rings is 2. The van der Waals surface area contributed by atoms with Gasteiger partial charge in [0.15, 0.2) is 11.6 Å². The average Bonchev–Trinajstić information content (AvgIpc) is 3.31. The van der Waals surface area contributed by atoms with Gasteiger partial charge in [-0.25, -0.2) is 4.39 Å². The van der Waals surface area contributed by atoms with Crippen LogP contribution in [-0.2, 0) is 4.79 Å². The molecule has 0 N–H and O–H groups in total. The Morgan fingerprint density at radius 3 is 2.78 bits per heavy atom. The molecule has 0 bridgehead atoms. The lowest BCUT2D eigenvalue weighted by molar-refractivity contribution is -0.117. The monoisotopic (exact) mass is 382 g/mol. The molecule has 1 aliphatic heterocycles. The molecule has 1 aromatic heterocycles. The maximum atomic E-state index is 14.2. The SMILES string of the molecule is N#Cc1ccc(-c2nc(C3CC(=O)N(c4cccc(Cl)c4F)C3)no2)cc1. The van der Waals surface area contributed by atoms with Crippen molar-refractivity contribution in [2.24, 2.45) is 0 Å². The molecule has 27 heavy (non-hydrogen) atoms. The molecule has 8 heteroatoms. The van der Waals surface area contributed by atoms with E-state index in [0.29, 0.717) is 22.8 Å². The van der Waals surface area contributed by atoms with Gasteiger partial charge in [0.2, 0.25) is 5.91 Å². The van der Waals surface area contributed by atoms with Gasteiger partial charge in [0.25, 0.3) is 5.89 Å². The Hall–Kier alpha value is -3.24. The van der Waals surface area contributed by atoms with E-state index in [2.05, 4.69) is 10.1 Å². The van der Waals surface area contributed by atoms with Crippen LogP contribution in [0.4, 0.5) is 10.1 Å². The van der Waals surface area contributed by atoms with Crippen LogP contribution in [0.15, 0.2) is 47.0 Å². The second-order valence-electron chi connectivity index (χ2n) is 6.13. The third kappa shape index (κ3) is 3.15. The van der Waals surface area contributed by atoms with Gasteiger partial charge < -0.3 is 9.42 Å². The normalized spacial score (nSPS) is 16.6. The van der Waals surface area contributed by atoms with E-state index >= 15 is 0 Å². The van der Waals surface area contributed by atoms with Gasteiger partial charge in [0.05, 0.1) is 22.3 Å². The van der Waals surface area contributed by atoms with Crippen LogP contribution in [0.2, 0.25) is 5.02 Å². The highest BCUT2D eigenvalue weighted by molar-refractivity contribution is 6.31. The van der Waals surface area contributed by atoms with E-state index in [0.717, 1.165) is 0 Å². The number of carbonyl (C=O) groups is 1. The first-order valence-corrected chi connectivity index (χ1v) is 8.53. The summed E-state index contributed by atoms with van der Waals surface area (Å²) in [5, 5.41) is 12.8. The van der Waals surface area contributed by atoms with Crippen molar-refractivity contribution in [2.75, 3.05) is 11.4 Å². The lowest BCUT2D eigenvalue weighted by Crippen LogP contribution is -2.25. The lowest BCUT2D eigenvalue weighted by Gasteiger charge is -2.17. The maximum absolute atomic E-state index is 14.2. The van der Waals surface area contributed by atoms with Gasteiger partial charge in [-0.3, -0.25) is 4.79 Å². The van der Waals surface area contributed by atoms with Gasteiger partial charge >= 0.3 is 0 Å².